The summed E-state index contributed by atoms with van der Waals surface area (Å²) in [6, 6.07) is 10.3. The highest BCUT2D eigenvalue weighted by Gasteiger charge is 2.30. The molecule has 21 heavy (non-hydrogen) atoms. The summed E-state index contributed by atoms with van der Waals surface area (Å²) in [6.45, 7) is 2.18. The fourth-order valence-electron chi connectivity index (χ4n) is 3.33. The van der Waals surface area contributed by atoms with Crippen molar-refractivity contribution in [3.63, 3.8) is 0 Å². The zero-order valence-corrected chi connectivity index (χ0v) is 12.1. The Labute approximate surface area is 123 Å². The van der Waals surface area contributed by atoms with Gasteiger partial charge in [0.2, 0.25) is 0 Å². The summed E-state index contributed by atoms with van der Waals surface area (Å²) >= 11 is 0. The van der Waals surface area contributed by atoms with Crippen LogP contribution in [0.5, 0.6) is 11.5 Å². The van der Waals surface area contributed by atoms with Crippen LogP contribution in [0.15, 0.2) is 36.4 Å². The van der Waals surface area contributed by atoms with Gasteiger partial charge in [-0.15, -0.1) is 0 Å². The van der Waals surface area contributed by atoms with Gasteiger partial charge in [-0.2, -0.15) is 0 Å². The molecule has 2 aromatic rings. The van der Waals surface area contributed by atoms with Crippen LogP contribution in [0.4, 0.5) is 4.39 Å². The summed E-state index contributed by atoms with van der Waals surface area (Å²) in [4.78, 5) is 0. The lowest BCUT2D eigenvalue weighted by molar-refractivity contribution is 0.423. The SMILES string of the molecule is CC1(c2ccc(O)cc2)CCCc2cc(O)c(F)cc2C1. The summed E-state index contributed by atoms with van der Waals surface area (Å²) in [6.07, 6.45) is 3.59. The standard InChI is InChI=1S/C18H19FO2/c1-18(14-4-6-15(20)7-5-14)8-2-3-12-10-17(21)16(19)9-13(12)11-18/h4-7,9-10,20-21H,2-3,8,11H2,1H3. The van der Waals surface area contributed by atoms with Gasteiger partial charge in [0, 0.05) is 0 Å². The van der Waals surface area contributed by atoms with E-state index in [1.807, 2.05) is 12.1 Å². The molecule has 0 saturated carbocycles. The minimum Gasteiger partial charge on any atom is -0.508 e. The maximum Gasteiger partial charge on any atom is 0.165 e. The molecule has 0 radical (unpaired) electrons. The maximum atomic E-state index is 13.7. The largest absolute Gasteiger partial charge is 0.508 e. The van der Waals surface area contributed by atoms with E-state index in [9.17, 15) is 14.6 Å². The quantitative estimate of drug-likeness (QED) is 0.776. The first-order valence-corrected chi connectivity index (χ1v) is 7.28. The Morgan fingerprint density at radius 1 is 1.05 bits per heavy atom. The van der Waals surface area contributed by atoms with Crippen LogP contribution in [0, 0.1) is 5.82 Å². The lowest BCUT2D eigenvalue weighted by atomic mass is 9.75. The van der Waals surface area contributed by atoms with Gasteiger partial charge < -0.3 is 10.2 Å². The Bertz CT molecular complexity index is 664. The summed E-state index contributed by atoms with van der Waals surface area (Å²) in [5, 5.41) is 19.0. The molecule has 0 aromatic heterocycles. The molecule has 0 heterocycles. The number of hydrogen-bond donors (Lipinski definition) is 2. The van der Waals surface area contributed by atoms with Crippen LogP contribution in [0.3, 0.4) is 0 Å². The zero-order chi connectivity index (χ0) is 15.0. The number of aryl methyl sites for hydroxylation is 1. The van der Waals surface area contributed by atoms with Gasteiger partial charge in [0.25, 0.3) is 0 Å². The number of hydrogen-bond acceptors (Lipinski definition) is 2. The molecule has 3 rings (SSSR count). The predicted molar refractivity (Wildman–Crippen MR) is 80.2 cm³/mol. The molecule has 0 bridgehead atoms. The molecule has 2 N–H and O–H groups in total. The number of phenols is 2. The van der Waals surface area contributed by atoms with Gasteiger partial charge in [-0.25, -0.2) is 4.39 Å². The third-order valence-electron chi connectivity index (χ3n) is 4.59. The van der Waals surface area contributed by atoms with Gasteiger partial charge >= 0.3 is 0 Å². The Hall–Kier alpha value is -2.03. The average molecular weight is 286 g/mol. The molecule has 1 aliphatic rings. The van der Waals surface area contributed by atoms with Crippen molar-refractivity contribution >= 4 is 0 Å². The van der Waals surface area contributed by atoms with Crippen molar-refractivity contribution in [3.05, 3.63) is 58.9 Å². The van der Waals surface area contributed by atoms with Crippen molar-refractivity contribution in [1.29, 1.82) is 0 Å². The van der Waals surface area contributed by atoms with Gasteiger partial charge in [-0.1, -0.05) is 19.1 Å². The molecule has 3 heteroatoms. The van der Waals surface area contributed by atoms with E-state index in [0.29, 0.717) is 0 Å². The lowest BCUT2D eigenvalue weighted by Gasteiger charge is -2.29. The summed E-state index contributed by atoms with van der Waals surface area (Å²) in [7, 11) is 0. The van der Waals surface area contributed by atoms with Crippen LogP contribution in [0.25, 0.3) is 0 Å². The Morgan fingerprint density at radius 3 is 2.48 bits per heavy atom. The highest BCUT2D eigenvalue weighted by atomic mass is 19.1. The monoisotopic (exact) mass is 286 g/mol. The fourth-order valence-corrected chi connectivity index (χ4v) is 3.33. The minimum atomic E-state index is -0.552. The molecule has 2 aromatic carbocycles. The smallest absolute Gasteiger partial charge is 0.165 e. The molecule has 0 fully saturated rings. The van der Waals surface area contributed by atoms with Crippen LogP contribution in [0.2, 0.25) is 0 Å². The summed E-state index contributed by atoms with van der Waals surface area (Å²) < 4.78 is 13.7. The molecule has 0 aliphatic heterocycles. The molecule has 1 unspecified atom stereocenters. The molecule has 1 atom stereocenters. The van der Waals surface area contributed by atoms with Crippen LogP contribution in [-0.4, -0.2) is 10.2 Å². The predicted octanol–water partition coefficient (Wildman–Crippen LogP) is 4.07. The first-order valence-electron chi connectivity index (χ1n) is 7.28. The number of aromatic hydroxyl groups is 2. The van der Waals surface area contributed by atoms with E-state index >= 15 is 0 Å². The number of fused-ring (bicyclic) bond motifs is 1. The molecular formula is C18H19FO2. The van der Waals surface area contributed by atoms with Gasteiger partial charge in [-0.3, -0.25) is 0 Å². The third-order valence-corrected chi connectivity index (χ3v) is 4.59. The van der Waals surface area contributed by atoms with E-state index in [1.54, 1.807) is 18.2 Å². The second-order valence-corrected chi connectivity index (χ2v) is 6.21. The number of benzene rings is 2. The minimum absolute atomic E-state index is 0.0810. The van der Waals surface area contributed by atoms with Crippen LogP contribution < -0.4 is 0 Å². The van der Waals surface area contributed by atoms with Crippen molar-refractivity contribution in [2.75, 3.05) is 0 Å². The Balaban J connectivity index is 2.01. The second kappa shape index (κ2) is 5.06. The first kappa shape index (κ1) is 13.9. The molecular weight excluding hydrogens is 267 g/mol. The van der Waals surface area contributed by atoms with Crippen LogP contribution in [-0.2, 0) is 18.3 Å². The lowest BCUT2D eigenvalue weighted by Crippen LogP contribution is -2.24. The van der Waals surface area contributed by atoms with E-state index in [2.05, 4.69) is 6.92 Å². The topological polar surface area (TPSA) is 40.5 Å². The second-order valence-electron chi connectivity index (χ2n) is 6.21. The van der Waals surface area contributed by atoms with Gasteiger partial charge in [0.15, 0.2) is 11.6 Å². The van der Waals surface area contributed by atoms with Crippen molar-refractivity contribution in [2.45, 2.75) is 38.0 Å². The number of halogens is 1. The van der Waals surface area contributed by atoms with E-state index < -0.39 is 5.82 Å². The van der Waals surface area contributed by atoms with E-state index in [1.165, 1.54) is 6.07 Å². The Kier molecular flexibility index (Phi) is 3.36. The van der Waals surface area contributed by atoms with Gasteiger partial charge in [0.05, 0.1) is 0 Å². The molecule has 2 nitrogen and oxygen atoms in total. The first-order chi connectivity index (χ1) is 9.98. The van der Waals surface area contributed by atoms with Crippen molar-refractivity contribution in [1.82, 2.24) is 0 Å². The summed E-state index contributed by atoms with van der Waals surface area (Å²) in [5.74, 6) is -0.557. The van der Waals surface area contributed by atoms with E-state index in [0.717, 1.165) is 42.4 Å². The zero-order valence-electron chi connectivity index (χ0n) is 12.1. The highest BCUT2D eigenvalue weighted by molar-refractivity contribution is 5.41. The molecule has 0 amide bonds. The normalized spacial score (nSPS) is 21.6. The number of phenolic OH excluding ortho intramolecular Hbond substituents is 2. The Morgan fingerprint density at radius 2 is 1.76 bits per heavy atom. The molecule has 0 saturated heterocycles. The summed E-state index contributed by atoms with van der Waals surface area (Å²) in [5.41, 5.74) is 3.08. The fraction of sp³-hybridized carbons (Fsp3) is 0.333. The highest BCUT2D eigenvalue weighted by Crippen LogP contribution is 2.39. The van der Waals surface area contributed by atoms with Crippen LogP contribution >= 0.6 is 0 Å². The average Bonchev–Trinajstić information content (AvgIpc) is 2.60. The third kappa shape index (κ3) is 2.60. The van der Waals surface area contributed by atoms with Crippen LogP contribution in [0.1, 0.15) is 36.5 Å². The van der Waals surface area contributed by atoms with Gasteiger partial charge in [0.1, 0.15) is 5.75 Å². The molecule has 110 valence electrons. The molecule has 1 aliphatic carbocycles. The van der Waals surface area contributed by atoms with Crippen molar-refractivity contribution in [3.8, 4) is 11.5 Å². The number of rotatable bonds is 1. The van der Waals surface area contributed by atoms with E-state index in [4.69, 9.17) is 0 Å². The maximum absolute atomic E-state index is 13.7. The van der Waals surface area contributed by atoms with Crippen molar-refractivity contribution in [2.24, 2.45) is 0 Å². The molecule has 0 spiro atoms. The van der Waals surface area contributed by atoms with E-state index in [-0.39, 0.29) is 16.9 Å². The van der Waals surface area contributed by atoms with Crippen molar-refractivity contribution < 1.29 is 14.6 Å². The van der Waals surface area contributed by atoms with Gasteiger partial charge in [-0.05, 0) is 72.1 Å².